The summed E-state index contributed by atoms with van der Waals surface area (Å²) in [5, 5.41) is 0.831. The standard InChI is InChI=1S/C36H34Cl2N2O9S/c1-6-46-27-17-22(12-13-26(27)48-19-30(41)45-5)32-31(35(43)47-7-2)20(3)39-36-40(32)34(42)29(50-36)16-21-14-25(38)33(28(15-21)44-4)49-18-23-10-8-9-11-24(23)37/h8-17,32H,6-7,18-19H2,1-5H3/b29-16-/t32-/m1/s1. The molecule has 0 spiro atoms. The van der Waals surface area contributed by atoms with Gasteiger partial charge >= 0.3 is 11.9 Å². The number of aromatic nitrogens is 1. The zero-order valence-corrected chi connectivity index (χ0v) is 30.2. The molecule has 0 saturated carbocycles. The lowest BCUT2D eigenvalue weighted by Gasteiger charge is -2.25. The summed E-state index contributed by atoms with van der Waals surface area (Å²) in [6.45, 7) is 5.44. The summed E-state index contributed by atoms with van der Waals surface area (Å²) in [6.07, 6.45) is 1.67. The fraction of sp³-hybridized carbons (Fsp3) is 0.278. The first-order valence-corrected chi connectivity index (χ1v) is 17.1. The van der Waals surface area contributed by atoms with E-state index in [2.05, 4.69) is 9.73 Å². The third-order valence-corrected chi connectivity index (χ3v) is 9.19. The molecule has 3 aromatic carbocycles. The van der Waals surface area contributed by atoms with Gasteiger partial charge in [0.1, 0.15) is 6.61 Å². The minimum Gasteiger partial charge on any atom is -0.493 e. The predicted molar refractivity (Wildman–Crippen MR) is 189 cm³/mol. The van der Waals surface area contributed by atoms with Gasteiger partial charge in [-0.05, 0) is 68.3 Å². The number of rotatable bonds is 13. The summed E-state index contributed by atoms with van der Waals surface area (Å²) >= 11 is 14.1. The molecule has 0 aliphatic carbocycles. The molecule has 4 aromatic rings. The molecule has 0 amide bonds. The van der Waals surface area contributed by atoms with Crippen LogP contribution in [0.4, 0.5) is 0 Å². The second-order valence-electron chi connectivity index (χ2n) is 10.7. The lowest BCUT2D eigenvalue weighted by atomic mass is 9.95. The maximum absolute atomic E-state index is 14.2. The molecule has 0 radical (unpaired) electrons. The van der Waals surface area contributed by atoms with Crippen LogP contribution in [0.1, 0.15) is 43.5 Å². The van der Waals surface area contributed by atoms with Gasteiger partial charge in [0.2, 0.25) is 0 Å². The van der Waals surface area contributed by atoms with Crippen LogP contribution in [0.15, 0.2) is 75.7 Å². The molecule has 0 unspecified atom stereocenters. The number of halogens is 2. The van der Waals surface area contributed by atoms with E-state index in [4.69, 9.17) is 46.9 Å². The van der Waals surface area contributed by atoms with E-state index in [1.807, 2.05) is 18.2 Å². The van der Waals surface area contributed by atoms with E-state index in [1.165, 1.54) is 18.8 Å². The molecular formula is C36H34Cl2N2O9S. The van der Waals surface area contributed by atoms with Crippen LogP contribution >= 0.6 is 34.5 Å². The van der Waals surface area contributed by atoms with Crippen molar-refractivity contribution in [2.45, 2.75) is 33.4 Å². The molecule has 1 aliphatic heterocycles. The summed E-state index contributed by atoms with van der Waals surface area (Å²) < 4.78 is 34.9. The fourth-order valence-corrected chi connectivity index (χ4v) is 6.78. The normalized spacial score (nSPS) is 14.1. The SMILES string of the molecule is CCOC(=O)C1=C(C)N=c2s/c(=C\c3cc(Cl)c(OCc4ccccc4Cl)c(OC)c3)c(=O)n2[C@@H]1c1ccc(OCC(=O)OC)c(OCC)c1. The van der Waals surface area contributed by atoms with Crippen molar-refractivity contribution in [3.8, 4) is 23.0 Å². The van der Waals surface area contributed by atoms with Gasteiger partial charge in [-0.2, -0.15) is 0 Å². The minimum atomic E-state index is -0.917. The average molecular weight is 742 g/mol. The van der Waals surface area contributed by atoms with E-state index >= 15 is 0 Å². The van der Waals surface area contributed by atoms with Crippen LogP contribution < -0.4 is 33.8 Å². The number of nitrogens with zero attached hydrogens (tertiary/aromatic N) is 2. The Morgan fingerprint density at radius 3 is 2.42 bits per heavy atom. The molecule has 14 heteroatoms. The molecule has 1 aromatic heterocycles. The summed E-state index contributed by atoms with van der Waals surface area (Å²) in [6, 6.07) is 14.7. The number of carbonyl (C=O) groups is 2. The first-order chi connectivity index (χ1) is 24.1. The molecule has 0 saturated heterocycles. The zero-order chi connectivity index (χ0) is 35.9. The first-order valence-electron chi connectivity index (χ1n) is 15.5. The van der Waals surface area contributed by atoms with Gasteiger partial charge in [-0.3, -0.25) is 9.36 Å². The second kappa shape index (κ2) is 16.3. The molecule has 0 fully saturated rings. The number of ether oxygens (including phenoxy) is 6. The van der Waals surface area contributed by atoms with Crippen molar-refractivity contribution in [2.24, 2.45) is 4.99 Å². The van der Waals surface area contributed by atoms with Crippen molar-refractivity contribution in [3.05, 3.63) is 112 Å². The maximum Gasteiger partial charge on any atom is 0.343 e. The topological polar surface area (TPSA) is 124 Å². The number of benzene rings is 3. The zero-order valence-electron chi connectivity index (χ0n) is 27.9. The summed E-state index contributed by atoms with van der Waals surface area (Å²) in [4.78, 5) is 44.4. The van der Waals surface area contributed by atoms with Crippen LogP contribution in [0.3, 0.4) is 0 Å². The van der Waals surface area contributed by atoms with E-state index in [0.29, 0.717) is 48.4 Å². The highest BCUT2D eigenvalue weighted by atomic mass is 35.5. The van der Waals surface area contributed by atoms with Crippen LogP contribution in [0.2, 0.25) is 10.0 Å². The van der Waals surface area contributed by atoms with Crippen molar-refractivity contribution >= 4 is 52.6 Å². The number of hydrogen-bond donors (Lipinski definition) is 0. The predicted octanol–water partition coefficient (Wildman–Crippen LogP) is 5.64. The summed E-state index contributed by atoms with van der Waals surface area (Å²) in [5.41, 5.74) is 2.09. The lowest BCUT2D eigenvalue weighted by Crippen LogP contribution is -2.40. The van der Waals surface area contributed by atoms with Crippen molar-refractivity contribution in [2.75, 3.05) is 34.0 Å². The van der Waals surface area contributed by atoms with Crippen LogP contribution in [0.5, 0.6) is 23.0 Å². The second-order valence-corrected chi connectivity index (χ2v) is 12.5. The third-order valence-electron chi connectivity index (χ3n) is 7.55. The van der Waals surface area contributed by atoms with Crippen LogP contribution in [0, 0.1) is 0 Å². The van der Waals surface area contributed by atoms with Gasteiger partial charge in [0.05, 0.1) is 54.3 Å². The molecule has 1 aliphatic rings. The van der Waals surface area contributed by atoms with Gasteiger partial charge < -0.3 is 28.4 Å². The van der Waals surface area contributed by atoms with E-state index in [1.54, 1.807) is 63.2 Å². The fourth-order valence-electron chi connectivity index (χ4n) is 5.26. The number of allylic oxidation sites excluding steroid dienone is 1. The quantitative estimate of drug-likeness (QED) is 0.160. The van der Waals surface area contributed by atoms with E-state index in [-0.39, 0.29) is 42.8 Å². The molecule has 50 heavy (non-hydrogen) atoms. The molecule has 2 heterocycles. The highest BCUT2D eigenvalue weighted by Gasteiger charge is 2.34. The summed E-state index contributed by atoms with van der Waals surface area (Å²) in [7, 11) is 2.76. The Labute approximate surface area is 301 Å². The largest absolute Gasteiger partial charge is 0.493 e. The Kier molecular flexibility index (Phi) is 11.9. The van der Waals surface area contributed by atoms with Gasteiger partial charge in [0, 0.05) is 10.6 Å². The molecule has 0 bridgehead atoms. The maximum atomic E-state index is 14.2. The van der Waals surface area contributed by atoms with Crippen LogP contribution in [-0.4, -0.2) is 50.5 Å². The highest BCUT2D eigenvalue weighted by Crippen LogP contribution is 2.38. The third kappa shape index (κ3) is 7.83. The highest BCUT2D eigenvalue weighted by molar-refractivity contribution is 7.07. The van der Waals surface area contributed by atoms with E-state index < -0.39 is 23.5 Å². The van der Waals surface area contributed by atoms with Crippen molar-refractivity contribution in [3.63, 3.8) is 0 Å². The van der Waals surface area contributed by atoms with Crippen LogP contribution in [-0.2, 0) is 25.7 Å². The Bertz CT molecular complexity index is 2140. The van der Waals surface area contributed by atoms with E-state index in [0.717, 1.165) is 16.9 Å². The van der Waals surface area contributed by atoms with Crippen LogP contribution in [0.25, 0.3) is 6.08 Å². The monoisotopic (exact) mass is 740 g/mol. The summed E-state index contributed by atoms with van der Waals surface area (Å²) in [5.74, 6) is 0.113. The molecule has 5 rings (SSSR count). The number of hydrogen-bond acceptors (Lipinski definition) is 11. The molecule has 0 N–H and O–H groups in total. The van der Waals surface area contributed by atoms with Crippen molar-refractivity contribution in [1.82, 2.24) is 4.57 Å². The number of thiazole rings is 1. The Hall–Kier alpha value is -4.78. The number of esters is 2. The molecule has 1 atom stereocenters. The van der Waals surface area contributed by atoms with Crippen molar-refractivity contribution < 1.29 is 38.0 Å². The Balaban J connectivity index is 1.59. The number of fused-ring (bicyclic) bond motifs is 1. The van der Waals surface area contributed by atoms with Gasteiger partial charge in [-0.25, -0.2) is 14.6 Å². The average Bonchev–Trinajstić information content (AvgIpc) is 3.40. The molecular weight excluding hydrogens is 707 g/mol. The number of carbonyl (C=O) groups excluding carboxylic acids is 2. The lowest BCUT2D eigenvalue weighted by molar-refractivity contribution is -0.143. The van der Waals surface area contributed by atoms with Gasteiger partial charge in [-0.15, -0.1) is 0 Å². The molecule has 11 nitrogen and oxygen atoms in total. The minimum absolute atomic E-state index is 0.123. The van der Waals surface area contributed by atoms with Crippen molar-refractivity contribution in [1.29, 1.82) is 0 Å². The van der Waals surface area contributed by atoms with E-state index in [9.17, 15) is 14.4 Å². The van der Waals surface area contributed by atoms with Gasteiger partial charge in [0.15, 0.2) is 34.4 Å². The van der Waals surface area contributed by atoms with Gasteiger partial charge in [0.25, 0.3) is 5.56 Å². The smallest absolute Gasteiger partial charge is 0.343 e. The Morgan fingerprint density at radius 2 is 1.72 bits per heavy atom. The number of methoxy groups -OCH3 is 2. The molecule has 262 valence electrons. The Morgan fingerprint density at radius 1 is 0.940 bits per heavy atom. The first kappa shape index (κ1) is 36.5. The van der Waals surface area contributed by atoms with Gasteiger partial charge in [-0.1, -0.05) is 58.8 Å².